The van der Waals surface area contributed by atoms with Crippen molar-refractivity contribution in [2.45, 2.75) is 19.1 Å². The third-order valence-electron chi connectivity index (χ3n) is 2.80. The van der Waals surface area contributed by atoms with Crippen LogP contribution in [0, 0.1) is 0 Å². The number of aromatic nitrogens is 4. The summed E-state index contributed by atoms with van der Waals surface area (Å²) in [6.45, 7) is 0.0586. The molecular weight excluding hydrogens is 301 g/mol. The van der Waals surface area contributed by atoms with Crippen LogP contribution in [0.2, 0.25) is 0 Å². The molecule has 1 unspecified atom stereocenters. The molecule has 0 fully saturated rings. The molecule has 116 valence electrons. The number of aliphatic hydroxyl groups is 1. The number of aryl methyl sites for hydroxylation is 1. The molecule has 2 aromatic rings. The van der Waals surface area contributed by atoms with Crippen LogP contribution in [0.15, 0.2) is 12.7 Å². The summed E-state index contributed by atoms with van der Waals surface area (Å²) >= 11 is 0. The van der Waals surface area contributed by atoms with Gasteiger partial charge in [0.25, 0.3) is 0 Å². The molecule has 2 rings (SSSR count). The Morgan fingerprint density at radius 2 is 2.14 bits per heavy atom. The molecule has 0 saturated carbocycles. The van der Waals surface area contributed by atoms with Crippen LogP contribution in [-0.4, -0.2) is 53.5 Å². The Labute approximate surface area is 119 Å². The van der Waals surface area contributed by atoms with Gasteiger partial charge < -0.3 is 29.9 Å². The largest absolute Gasteiger partial charge is 0.394 e. The first-order valence-corrected chi connectivity index (χ1v) is 7.89. The van der Waals surface area contributed by atoms with Gasteiger partial charge in [-0.25, -0.2) is 15.0 Å². The molecule has 0 aliphatic rings. The van der Waals surface area contributed by atoms with Crippen LogP contribution >= 0.6 is 7.60 Å². The van der Waals surface area contributed by atoms with Crippen molar-refractivity contribution < 1.29 is 24.2 Å². The van der Waals surface area contributed by atoms with Crippen LogP contribution in [-0.2, 0) is 15.8 Å². The Morgan fingerprint density at radius 3 is 2.81 bits per heavy atom. The second-order valence-corrected chi connectivity index (χ2v) is 6.01. The van der Waals surface area contributed by atoms with Gasteiger partial charge in [-0.1, -0.05) is 0 Å². The van der Waals surface area contributed by atoms with Gasteiger partial charge in [0.1, 0.15) is 18.2 Å². The van der Waals surface area contributed by atoms with E-state index in [4.69, 9.17) is 25.4 Å². The first-order chi connectivity index (χ1) is 9.90. The monoisotopic (exact) mass is 317 g/mol. The fraction of sp³-hybridized carbons (Fsp3) is 0.500. The van der Waals surface area contributed by atoms with E-state index in [9.17, 15) is 4.57 Å². The third-order valence-corrected chi connectivity index (χ3v) is 3.29. The van der Waals surface area contributed by atoms with Gasteiger partial charge >= 0.3 is 7.60 Å². The van der Waals surface area contributed by atoms with E-state index in [0.717, 1.165) is 0 Å². The molecule has 0 saturated heterocycles. The van der Waals surface area contributed by atoms with Gasteiger partial charge in [0, 0.05) is 6.54 Å². The summed E-state index contributed by atoms with van der Waals surface area (Å²) < 4.78 is 17.4. The summed E-state index contributed by atoms with van der Waals surface area (Å²) in [5, 5.41) is 9.16. The number of imidazole rings is 1. The van der Waals surface area contributed by atoms with Gasteiger partial charge in [0.15, 0.2) is 11.5 Å². The van der Waals surface area contributed by atoms with E-state index in [0.29, 0.717) is 24.1 Å². The first-order valence-electron chi connectivity index (χ1n) is 6.09. The van der Waals surface area contributed by atoms with Crippen molar-refractivity contribution in [1.82, 2.24) is 19.5 Å². The molecule has 10 nitrogen and oxygen atoms in total. The molecule has 21 heavy (non-hydrogen) atoms. The molecule has 2 aromatic heterocycles. The molecule has 0 aromatic carbocycles. The minimum atomic E-state index is -4.25. The predicted molar refractivity (Wildman–Crippen MR) is 73.2 cm³/mol. The maximum atomic E-state index is 10.7. The van der Waals surface area contributed by atoms with Crippen molar-refractivity contribution in [3.63, 3.8) is 0 Å². The first kappa shape index (κ1) is 15.8. The highest BCUT2D eigenvalue weighted by atomic mass is 31.2. The number of anilines is 1. The smallest absolute Gasteiger partial charge is 0.350 e. The summed E-state index contributed by atoms with van der Waals surface area (Å²) in [4.78, 5) is 29.5. The average Bonchev–Trinajstić information content (AvgIpc) is 2.83. The number of aliphatic hydroxyl groups excluding tert-OH is 1. The Morgan fingerprint density at radius 1 is 1.38 bits per heavy atom. The zero-order chi connectivity index (χ0) is 15.5. The van der Waals surface area contributed by atoms with E-state index in [1.54, 1.807) is 4.57 Å². The van der Waals surface area contributed by atoms with Crippen molar-refractivity contribution in [2.24, 2.45) is 0 Å². The van der Waals surface area contributed by atoms with Crippen LogP contribution in [0.1, 0.15) is 6.42 Å². The Kier molecular flexibility index (Phi) is 4.86. The molecule has 0 aliphatic carbocycles. The van der Waals surface area contributed by atoms with Gasteiger partial charge in [-0.05, 0) is 6.42 Å². The molecule has 2 heterocycles. The van der Waals surface area contributed by atoms with E-state index < -0.39 is 20.0 Å². The van der Waals surface area contributed by atoms with E-state index >= 15 is 0 Å². The van der Waals surface area contributed by atoms with Crippen molar-refractivity contribution in [2.75, 3.05) is 18.7 Å². The lowest BCUT2D eigenvalue weighted by molar-refractivity contribution is 0.0227. The van der Waals surface area contributed by atoms with Crippen LogP contribution in [0.5, 0.6) is 0 Å². The van der Waals surface area contributed by atoms with Gasteiger partial charge in [0.2, 0.25) is 0 Å². The van der Waals surface area contributed by atoms with E-state index in [1.807, 2.05) is 0 Å². The molecule has 11 heteroatoms. The second kappa shape index (κ2) is 6.46. The van der Waals surface area contributed by atoms with E-state index in [2.05, 4.69) is 15.0 Å². The fourth-order valence-corrected chi connectivity index (χ4v) is 2.18. The lowest BCUT2D eigenvalue weighted by atomic mass is 10.2. The topological polar surface area (TPSA) is 157 Å². The number of nitrogens with zero attached hydrogens (tertiary/aromatic N) is 4. The standard InChI is InChI=1S/C10H16N5O5P/c11-9-8-10(13-4-12-9)15(5-14-8)2-1-7(3-16)20-6-21(17,18)19/h4-5,7,16H,1-3,6H2,(H2,11,12,13)(H2,17,18,19). The molecule has 0 amide bonds. The lowest BCUT2D eigenvalue weighted by Gasteiger charge is -2.16. The molecule has 0 aliphatic heterocycles. The maximum Gasteiger partial charge on any atom is 0.350 e. The molecule has 0 radical (unpaired) electrons. The number of nitrogen functional groups attached to an aromatic ring is 1. The van der Waals surface area contributed by atoms with Crippen LogP contribution < -0.4 is 5.73 Å². The average molecular weight is 317 g/mol. The molecule has 0 bridgehead atoms. The number of nitrogens with two attached hydrogens (primary N) is 1. The Hall–Kier alpha value is -1.58. The van der Waals surface area contributed by atoms with Crippen molar-refractivity contribution in [1.29, 1.82) is 0 Å². The Balaban J connectivity index is 2.00. The molecule has 0 spiro atoms. The molecule has 1 atom stereocenters. The Bertz CT molecular complexity index is 656. The predicted octanol–water partition coefficient (Wildman–Crippen LogP) is -0.689. The highest BCUT2D eigenvalue weighted by molar-refractivity contribution is 7.51. The van der Waals surface area contributed by atoms with Crippen molar-refractivity contribution in [3.8, 4) is 0 Å². The number of fused-ring (bicyclic) bond motifs is 1. The second-order valence-electron chi connectivity index (χ2n) is 4.42. The zero-order valence-electron chi connectivity index (χ0n) is 11.0. The van der Waals surface area contributed by atoms with Gasteiger partial charge in [0.05, 0.1) is 19.0 Å². The fourth-order valence-electron chi connectivity index (χ4n) is 1.78. The zero-order valence-corrected chi connectivity index (χ0v) is 11.9. The SMILES string of the molecule is Nc1ncnc2c1ncn2CCC(CO)OCP(=O)(O)O. The minimum Gasteiger partial charge on any atom is -0.394 e. The number of hydrogen-bond acceptors (Lipinski definition) is 7. The number of hydrogen-bond donors (Lipinski definition) is 4. The normalized spacial score (nSPS) is 13.7. The van der Waals surface area contributed by atoms with E-state index in [-0.39, 0.29) is 12.4 Å². The number of rotatable bonds is 7. The third kappa shape index (κ3) is 4.19. The van der Waals surface area contributed by atoms with Crippen LogP contribution in [0.3, 0.4) is 0 Å². The van der Waals surface area contributed by atoms with Crippen molar-refractivity contribution in [3.05, 3.63) is 12.7 Å². The van der Waals surface area contributed by atoms with E-state index in [1.165, 1.54) is 12.7 Å². The van der Waals surface area contributed by atoms with Gasteiger partial charge in [-0.3, -0.25) is 4.57 Å². The summed E-state index contributed by atoms with van der Waals surface area (Å²) in [6.07, 6.45) is 1.79. The highest BCUT2D eigenvalue weighted by Gasteiger charge is 2.18. The summed E-state index contributed by atoms with van der Waals surface area (Å²) in [5.74, 6) is 0.273. The van der Waals surface area contributed by atoms with Crippen LogP contribution in [0.4, 0.5) is 5.82 Å². The highest BCUT2D eigenvalue weighted by Crippen LogP contribution is 2.34. The molecule has 5 N–H and O–H groups in total. The maximum absolute atomic E-state index is 10.7. The van der Waals surface area contributed by atoms with Gasteiger partial charge in [-0.15, -0.1) is 0 Å². The minimum absolute atomic E-state index is 0.273. The molecular formula is C10H16N5O5P. The quantitative estimate of drug-likeness (QED) is 0.485. The van der Waals surface area contributed by atoms with Gasteiger partial charge in [-0.2, -0.15) is 0 Å². The van der Waals surface area contributed by atoms with Crippen LogP contribution in [0.25, 0.3) is 11.2 Å². The number of ether oxygens (including phenoxy) is 1. The summed E-state index contributed by atoms with van der Waals surface area (Å²) in [6, 6.07) is 0. The lowest BCUT2D eigenvalue weighted by Crippen LogP contribution is -2.20. The summed E-state index contributed by atoms with van der Waals surface area (Å²) in [7, 11) is -4.25. The van der Waals surface area contributed by atoms with Crippen molar-refractivity contribution >= 4 is 24.6 Å². The summed E-state index contributed by atoms with van der Waals surface area (Å²) in [5.41, 5.74) is 6.70.